The van der Waals surface area contributed by atoms with E-state index in [1.165, 1.54) is 19.2 Å². The van der Waals surface area contributed by atoms with E-state index in [9.17, 15) is 9.18 Å². The summed E-state index contributed by atoms with van der Waals surface area (Å²) in [6, 6.07) is 3.58. The van der Waals surface area contributed by atoms with E-state index in [1.54, 1.807) is 6.07 Å². The average Bonchev–Trinajstić information content (AvgIpc) is 2.28. The Morgan fingerprint density at radius 1 is 1.59 bits per heavy atom. The molecule has 0 heterocycles. The fourth-order valence-electron chi connectivity index (χ4n) is 1.50. The molecule has 0 aromatic heterocycles. The summed E-state index contributed by atoms with van der Waals surface area (Å²) >= 11 is 0. The van der Waals surface area contributed by atoms with Gasteiger partial charge in [-0.1, -0.05) is 13.3 Å². The number of carboxylic acid groups (broad SMARTS) is 1. The zero-order valence-corrected chi connectivity index (χ0v) is 9.87. The number of halogens is 1. The van der Waals surface area contributed by atoms with Crippen LogP contribution in [-0.4, -0.2) is 24.2 Å². The molecule has 5 heteroatoms. The van der Waals surface area contributed by atoms with Gasteiger partial charge in [0.1, 0.15) is 6.04 Å². The Morgan fingerprint density at radius 2 is 2.29 bits per heavy atom. The summed E-state index contributed by atoms with van der Waals surface area (Å²) in [7, 11) is 1.38. The van der Waals surface area contributed by atoms with Crippen LogP contribution in [0.25, 0.3) is 0 Å². The topological polar surface area (TPSA) is 58.6 Å². The van der Waals surface area contributed by atoms with Crippen LogP contribution in [0.3, 0.4) is 0 Å². The average molecular weight is 241 g/mol. The second kappa shape index (κ2) is 6.08. The molecule has 2 N–H and O–H groups in total. The second-order valence-electron chi connectivity index (χ2n) is 3.67. The highest BCUT2D eigenvalue weighted by atomic mass is 19.1. The molecule has 4 nitrogen and oxygen atoms in total. The van der Waals surface area contributed by atoms with Gasteiger partial charge in [-0.25, -0.2) is 9.18 Å². The predicted octanol–water partition coefficient (Wildman–Crippen LogP) is 2.50. The smallest absolute Gasteiger partial charge is 0.326 e. The maximum Gasteiger partial charge on any atom is 0.326 e. The van der Waals surface area contributed by atoms with Gasteiger partial charge in [0, 0.05) is 11.8 Å². The van der Waals surface area contributed by atoms with E-state index in [0.29, 0.717) is 12.1 Å². The van der Waals surface area contributed by atoms with Crippen LogP contribution in [0.1, 0.15) is 19.8 Å². The number of carboxylic acids is 1. The number of rotatable bonds is 6. The van der Waals surface area contributed by atoms with Gasteiger partial charge < -0.3 is 15.2 Å². The first-order chi connectivity index (χ1) is 8.08. The Bertz CT molecular complexity index is 395. The van der Waals surface area contributed by atoms with Crippen molar-refractivity contribution < 1.29 is 19.0 Å². The van der Waals surface area contributed by atoms with Gasteiger partial charge in [-0.15, -0.1) is 0 Å². The largest absolute Gasteiger partial charge is 0.494 e. The van der Waals surface area contributed by atoms with Crippen LogP contribution in [-0.2, 0) is 4.79 Å². The number of methoxy groups -OCH3 is 1. The van der Waals surface area contributed by atoms with Gasteiger partial charge in [0.15, 0.2) is 11.6 Å². The molecule has 17 heavy (non-hydrogen) atoms. The molecule has 0 aliphatic carbocycles. The molecule has 1 unspecified atom stereocenters. The van der Waals surface area contributed by atoms with Crippen LogP contribution in [0.2, 0.25) is 0 Å². The van der Waals surface area contributed by atoms with E-state index in [4.69, 9.17) is 9.84 Å². The minimum absolute atomic E-state index is 0.137. The lowest BCUT2D eigenvalue weighted by Crippen LogP contribution is -2.28. The first kappa shape index (κ1) is 13.3. The van der Waals surface area contributed by atoms with Crippen molar-refractivity contribution in [1.82, 2.24) is 0 Å². The molecule has 0 saturated heterocycles. The second-order valence-corrected chi connectivity index (χ2v) is 3.67. The van der Waals surface area contributed by atoms with Gasteiger partial charge in [0.2, 0.25) is 0 Å². The maximum absolute atomic E-state index is 13.4. The molecule has 1 aromatic rings. The molecule has 0 aliphatic rings. The quantitative estimate of drug-likeness (QED) is 0.803. The van der Waals surface area contributed by atoms with Crippen molar-refractivity contribution in [2.24, 2.45) is 0 Å². The molecule has 0 bridgehead atoms. The molecule has 0 spiro atoms. The summed E-state index contributed by atoms with van der Waals surface area (Å²) in [5, 5.41) is 11.7. The number of aliphatic carboxylic acids is 1. The Labute approximate surface area is 99.4 Å². The maximum atomic E-state index is 13.4. The van der Waals surface area contributed by atoms with Crippen molar-refractivity contribution in [3.8, 4) is 5.75 Å². The van der Waals surface area contributed by atoms with Crippen molar-refractivity contribution >= 4 is 11.7 Å². The summed E-state index contributed by atoms with van der Waals surface area (Å²) in [6.45, 7) is 1.90. The van der Waals surface area contributed by atoms with Gasteiger partial charge in [-0.05, 0) is 18.6 Å². The number of hydrogen-bond acceptors (Lipinski definition) is 3. The molecule has 0 fully saturated rings. The number of nitrogens with one attached hydrogen (secondary N) is 1. The minimum atomic E-state index is -0.942. The summed E-state index contributed by atoms with van der Waals surface area (Å²) in [6.07, 6.45) is 1.23. The normalized spacial score (nSPS) is 11.9. The summed E-state index contributed by atoms with van der Waals surface area (Å²) < 4.78 is 18.2. The van der Waals surface area contributed by atoms with Crippen molar-refractivity contribution in [2.75, 3.05) is 12.4 Å². The van der Waals surface area contributed by atoms with E-state index < -0.39 is 17.8 Å². The van der Waals surface area contributed by atoms with Crippen molar-refractivity contribution in [3.63, 3.8) is 0 Å². The van der Waals surface area contributed by atoms with E-state index in [0.717, 1.165) is 6.42 Å². The highest BCUT2D eigenvalue weighted by Crippen LogP contribution is 2.21. The van der Waals surface area contributed by atoms with Crippen LogP contribution >= 0.6 is 0 Å². The number of benzene rings is 1. The standard InChI is InChI=1S/C12H16FNO3/c1-3-4-10(12(15)16)14-8-5-6-11(17-2)9(13)7-8/h5-7,10,14H,3-4H2,1-2H3,(H,15,16). The van der Waals surface area contributed by atoms with Crippen LogP contribution in [0.5, 0.6) is 5.75 Å². The minimum Gasteiger partial charge on any atom is -0.494 e. The first-order valence-corrected chi connectivity index (χ1v) is 5.41. The zero-order chi connectivity index (χ0) is 12.8. The summed E-state index contributed by atoms with van der Waals surface area (Å²) in [5.41, 5.74) is 0.434. The summed E-state index contributed by atoms with van der Waals surface area (Å²) in [5.74, 6) is -1.32. The van der Waals surface area contributed by atoms with Gasteiger partial charge >= 0.3 is 5.97 Å². The molecular formula is C12H16FNO3. The number of carbonyl (C=O) groups is 1. The lowest BCUT2D eigenvalue weighted by molar-refractivity contribution is -0.138. The molecule has 0 saturated carbocycles. The Balaban J connectivity index is 2.79. The highest BCUT2D eigenvalue weighted by molar-refractivity contribution is 5.77. The lowest BCUT2D eigenvalue weighted by atomic mass is 10.1. The van der Waals surface area contributed by atoms with Crippen molar-refractivity contribution in [3.05, 3.63) is 24.0 Å². The molecule has 1 atom stereocenters. The molecule has 1 rings (SSSR count). The Morgan fingerprint density at radius 3 is 2.76 bits per heavy atom. The van der Waals surface area contributed by atoms with E-state index in [-0.39, 0.29) is 5.75 Å². The molecule has 94 valence electrons. The molecule has 1 aromatic carbocycles. The van der Waals surface area contributed by atoms with E-state index >= 15 is 0 Å². The van der Waals surface area contributed by atoms with E-state index in [2.05, 4.69) is 5.32 Å². The molecule has 0 aliphatic heterocycles. The van der Waals surface area contributed by atoms with Crippen molar-refractivity contribution in [1.29, 1.82) is 0 Å². The summed E-state index contributed by atoms with van der Waals surface area (Å²) in [4.78, 5) is 10.9. The SMILES string of the molecule is CCCC(Nc1ccc(OC)c(F)c1)C(=O)O. The van der Waals surface area contributed by atoms with Crippen LogP contribution in [0, 0.1) is 5.82 Å². The van der Waals surface area contributed by atoms with E-state index in [1.807, 2.05) is 6.92 Å². The monoisotopic (exact) mass is 241 g/mol. The lowest BCUT2D eigenvalue weighted by Gasteiger charge is -2.15. The number of hydrogen-bond donors (Lipinski definition) is 2. The number of anilines is 1. The fourth-order valence-corrected chi connectivity index (χ4v) is 1.50. The van der Waals surface area contributed by atoms with Crippen molar-refractivity contribution in [2.45, 2.75) is 25.8 Å². The van der Waals surface area contributed by atoms with Crippen LogP contribution < -0.4 is 10.1 Å². The first-order valence-electron chi connectivity index (χ1n) is 5.41. The molecule has 0 amide bonds. The number of ether oxygens (including phenoxy) is 1. The third kappa shape index (κ3) is 3.62. The zero-order valence-electron chi connectivity index (χ0n) is 9.87. The fraction of sp³-hybridized carbons (Fsp3) is 0.417. The third-order valence-corrected chi connectivity index (χ3v) is 2.37. The van der Waals surface area contributed by atoms with Gasteiger partial charge in [-0.3, -0.25) is 0 Å². The predicted molar refractivity (Wildman–Crippen MR) is 62.9 cm³/mol. The van der Waals surface area contributed by atoms with Crippen LogP contribution in [0.15, 0.2) is 18.2 Å². The molecular weight excluding hydrogens is 225 g/mol. The van der Waals surface area contributed by atoms with Gasteiger partial charge in [0.05, 0.1) is 7.11 Å². The Kier molecular flexibility index (Phi) is 4.75. The van der Waals surface area contributed by atoms with Gasteiger partial charge in [-0.2, -0.15) is 0 Å². The highest BCUT2D eigenvalue weighted by Gasteiger charge is 2.16. The molecule has 0 radical (unpaired) electrons. The third-order valence-electron chi connectivity index (χ3n) is 2.37. The van der Waals surface area contributed by atoms with Crippen LogP contribution in [0.4, 0.5) is 10.1 Å². The Hall–Kier alpha value is -1.78. The van der Waals surface area contributed by atoms with Gasteiger partial charge in [0.25, 0.3) is 0 Å².